The largest absolute Gasteiger partial charge is 0.352 e. The molecule has 1 aromatic heterocycles. The van der Waals surface area contributed by atoms with Crippen LogP contribution in [-0.4, -0.2) is 49.5 Å². The molecule has 8 heteroatoms. The number of carbonyl (C=O) groups is 1. The third-order valence-electron chi connectivity index (χ3n) is 3.51. The van der Waals surface area contributed by atoms with Crippen molar-refractivity contribution in [2.75, 3.05) is 25.9 Å². The van der Waals surface area contributed by atoms with Gasteiger partial charge in [-0.15, -0.1) is 0 Å². The van der Waals surface area contributed by atoms with Crippen LogP contribution in [0.3, 0.4) is 0 Å². The highest BCUT2D eigenvalue weighted by molar-refractivity contribution is 7.88. The van der Waals surface area contributed by atoms with Crippen LogP contribution in [0.5, 0.6) is 0 Å². The maximum atomic E-state index is 12.0. The maximum Gasteiger partial charge on any atom is 0.251 e. The summed E-state index contributed by atoms with van der Waals surface area (Å²) >= 11 is 0. The van der Waals surface area contributed by atoms with E-state index in [2.05, 4.69) is 10.3 Å². The summed E-state index contributed by atoms with van der Waals surface area (Å²) in [6.45, 7) is 3.02. The van der Waals surface area contributed by atoms with Crippen LogP contribution in [0, 0.1) is 12.8 Å². The van der Waals surface area contributed by atoms with Crippen LogP contribution in [0.4, 0.5) is 0 Å². The van der Waals surface area contributed by atoms with E-state index in [1.54, 1.807) is 13.0 Å². The van der Waals surface area contributed by atoms with Crippen molar-refractivity contribution in [3.63, 3.8) is 0 Å². The lowest BCUT2D eigenvalue weighted by molar-refractivity contribution is 0.0947. The summed E-state index contributed by atoms with van der Waals surface area (Å²) in [5, 5.41) is 2.75. The molecule has 0 radical (unpaired) electrons. The molecule has 7 nitrogen and oxygen atoms in total. The lowest BCUT2D eigenvalue weighted by Gasteiger charge is -2.14. The van der Waals surface area contributed by atoms with Crippen LogP contribution < -0.4 is 10.9 Å². The number of carbonyl (C=O) groups excluding carboxylic acids is 1. The summed E-state index contributed by atoms with van der Waals surface area (Å²) in [7, 11) is -3.16. The number of rotatable bonds is 4. The van der Waals surface area contributed by atoms with Gasteiger partial charge in [-0.2, -0.15) is 0 Å². The molecule has 1 amide bonds. The third kappa shape index (κ3) is 4.15. The summed E-state index contributed by atoms with van der Waals surface area (Å²) < 4.78 is 24.2. The van der Waals surface area contributed by atoms with E-state index in [1.807, 2.05) is 0 Å². The fraction of sp³-hybridized carbons (Fsp3) is 0.538. The minimum atomic E-state index is -3.16. The standard InChI is InChI=1S/C13H19N3O4S/c1-9-5-11(6-12(17)15-9)13(18)14-7-10-3-4-16(8-10)21(2,19)20/h5-6,10H,3-4,7-8H2,1-2H3,(H,14,18)(H,15,17). The highest BCUT2D eigenvalue weighted by Gasteiger charge is 2.28. The van der Waals surface area contributed by atoms with Gasteiger partial charge in [0.15, 0.2) is 0 Å². The third-order valence-corrected chi connectivity index (χ3v) is 4.78. The van der Waals surface area contributed by atoms with E-state index in [1.165, 1.54) is 16.6 Å². The average Bonchev–Trinajstić information content (AvgIpc) is 2.83. The van der Waals surface area contributed by atoms with Gasteiger partial charge in [-0.25, -0.2) is 12.7 Å². The molecule has 1 aromatic rings. The molecule has 116 valence electrons. The normalized spacial score (nSPS) is 19.6. The van der Waals surface area contributed by atoms with Gasteiger partial charge in [-0.1, -0.05) is 0 Å². The number of amides is 1. The Labute approximate surface area is 123 Å². The second kappa shape index (κ2) is 5.98. The van der Waals surface area contributed by atoms with E-state index in [0.717, 1.165) is 6.42 Å². The zero-order valence-electron chi connectivity index (χ0n) is 12.0. The van der Waals surface area contributed by atoms with E-state index in [9.17, 15) is 18.0 Å². The zero-order chi connectivity index (χ0) is 15.6. The lowest BCUT2D eigenvalue weighted by Crippen LogP contribution is -2.33. The van der Waals surface area contributed by atoms with Gasteiger partial charge >= 0.3 is 0 Å². The summed E-state index contributed by atoms with van der Waals surface area (Å²) in [5.74, 6) is -0.214. The highest BCUT2D eigenvalue weighted by atomic mass is 32.2. The van der Waals surface area contributed by atoms with Crippen molar-refractivity contribution in [3.8, 4) is 0 Å². The lowest BCUT2D eigenvalue weighted by atomic mass is 10.1. The zero-order valence-corrected chi connectivity index (χ0v) is 12.9. The summed E-state index contributed by atoms with van der Waals surface area (Å²) in [6, 6.07) is 2.86. The quantitative estimate of drug-likeness (QED) is 0.797. The number of nitrogens with one attached hydrogen (secondary N) is 2. The molecular formula is C13H19N3O4S. The Hall–Kier alpha value is -1.67. The molecule has 2 heterocycles. The fourth-order valence-corrected chi connectivity index (χ4v) is 3.34. The highest BCUT2D eigenvalue weighted by Crippen LogP contribution is 2.17. The number of hydrogen-bond donors (Lipinski definition) is 2. The molecule has 1 aliphatic rings. The SMILES string of the molecule is Cc1cc(C(=O)NCC2CCN(S(C)(=O)=O)C2)cc(=O)[nH]1. The number of sulfonamides is 1. The molecule has 21 heavy (non-hydrogen) atoms. The van der Waals surface area contributed by atoms with Crippen LogP contribution in [0.1, 0.15) is 22.5 Å². The molecule has 0 bridgehead atoms. The predicted molar refractivity (Wildman–Crippen MR) is 78.7 cm³/mol. The number of aromatic nitrogens is 1. The molecule has 1 atom stereocenters. The van der Waals surface area contributed by atoms with Crippen molar-refractivity contribution in [2.24, 2.45) is 5.92 Å². The Morgan fingerprint density at radius 2 is 2.19 bits per heavy atom. The van der Waals surface area contributed by atoms with Crippen molar-refractivity contribution in [1.29, 1.82) is 0 Å². The Bertz CT molecular complexity index is 696. The molecule has 1 fully saturated rings. The number of aryl methyl sites for hydroxylation is 1. The Morgan fingerprint density at radius 1 is 1.48 bits per heavy atom. The van der Waals surface area contributed by atoms with Gasteiger partial charge < -0.3 is 10.3 Å². The number of pyridine rings is 1. The molecule has 2 N–H and O–H groups in total. The van der Waals surface area contributed by atoms with Crippen LogP contribution in [0.25, 0.3) is 0 Å². The first-order chi connectivity index (χ1) is 9.75. The minimum Gasteiger partial charge on any atom is -0.352 e. The van der Waals surface area contributed by atoms with Gasteiger partial charge in [-0.3, -0.25) is 9.59 Å². The Balaban J connectivity index is 1.92. The molecule has 1 saturated heterocycles. The summed E-state index contributed by atoms with van der Waals surface area (Å²) in [5.41, 5.74) is 0.621. The second-order valence-corrected chi connectivity index (χ2v) is 7.38. The van der Waals surface area contributed by atoms with E-state index in [4.69, 9.17) is 0 Å². The van der Waals surface area contributed by atoms with Crippen molar-refractivity contribution in [1.82, 2.24) is 14.6 Å². The molecule has 1 aliphatic heterocycles. The monoisotopic (exact) mass is 313 g/mol. The van der Waals surface area contributed by atoms with Crippen LogP contribution in [0.2, 0.25) is 0 Å². The van der Waals surface area contributed by atoms with Gasteiger partial charge in [0.25, 0.3) is 5.91 Å². The summed E-state index contributed by atoms with van der Waals surface area (Å²) in [4.78, 5) is 25.9. The first-order valence-corrected chi connectivity index (χ1v) is 8.55. The van der Waals surface area contributed by atoms with E-state index in [0.29, 0.717) is 30.9 Å². The van der Waals surface area contributed by atoms with Gasteiger partial charge in [-0.05, 0) is 25.3 Å². The fourth-order valence-electron chi connectivity index (χ4n) is 2.42. The van der Waals surface area contributed by atoms with Crippen molar-refractivity contribution < 1.29 is 13.2 Å². The van der Waals surface area contributed by atoms with E-state index < -0.39 is 10.0 Å². The smallest absolute Gasteiger partial charge is 0.251 e. The molecule has 0 aliphatic carbocycles. The number of hydrogen-bond acceptors (Lipinski definition) is 4. The van der Waals surface area contributed by atoms with Crippen LogP contribution in [-0.2, 0) is 10.0 Å². The first kappa shape index (κ1) is 15.7. The van der Waals surface area contributed by atoms with Gasteiger partial charge in [0.2, 0.25) is 15.6 Å². The van der Waals surface area contributed by atoms with Crippen LogP contribution in [0.15, 0.2) is 16.9 Å². The second-order valence-electron chi connectivity index (χ2n) is 5.40. The molecule has 0 spiro atoms. The van der Waals surface area contributed by atoms with Crippen molar-refractivity contribution in [3.05, 3.63) is 33.7 Å². The molecule has 2 rings (SSSR count). The van der Waals surface area contributed by atoms with E-state index >= 15 is 0 Å². The van der Waals surface area contributed by atoms with Gasteiger partial charge in [0.1, 0.15) is 0 Å². The van der Waals surface area contributed by atoms with Gasteiger partial charge in [0, 0.05) is 37.0 Å². The Morgan fingerprint density at radius 3 is 2.76 bits per heavy atom. The van der Waals surface area contributed by atoms with Gasteiger partial charge in [0.05, 0.1) is 6.26 Å². The first-order valence-electron chi connectivity index (χ1n) is 6.70. The maximum absolute atomic E-state index is 12.0. The van der Waals surface area contributed by atoms with E-state index in [-0.39, 0.29) is 17.4 Å². The van der Waals surface area contributed by atoms with Crippen LogP contribution >= 0.6 is 0 Å². The molecule has 0 aromatic carbocycles. The Kier molecular flexibility index (Phi) is 4.48. The number of nitrogens with zero attached hydrogens (tertiary/aromatic N) is 1. The number of H-pyrrole nitrogens is 1. The molecule has 1 unspecified atom stereocenters. The number of aromatic amines is 1. The topological polar surface area (TPSA) is 99.3 Å². The molecule has 0 saturated carbocycles. The summed E-state index contributed by atoms with van der Waals surface area (Å²) in [6.07, 6.45) is 1.91. The average molecular weight is 313 g/mol. The minimum absolute atomic E-state index is 0.103. The van der Waals surface area contributed by atoms with Crippen molar-refractivity contribution in [2.45, 2.75) is 13.3 Å². The molecular weight excluding hydrogens is 294 g/mol. The predicted octanol–water partition coefficient (Wildman–Crippen LogP) is -0.305. The van der Waals surface area contributed by atoms with Crippen molar-refractivity contribution >= 4 is 15.9 Å².